The maximum absolute atomic E-state index is 8.70. The molecule has 0 radical (unpaired) electrons. The van der Waals surface area contributed by atoms with Crippen molar-refractivity contribution >= 4 is 9.28 Å². The Morgan fingerprint density at radius 2 is 1.70 bits per heavy atom. The maximum atomic E-state index is 8.70. The van der Waals surface area contributed by atoms with Gasteiger partial charge in [-0.25, -0.2) is 0 Å². The van der Waals surface area contributed by atoms with Crippen LogP contribution in [0.1, 0.15) is 5.56 Å². The van der Waals surface area contributed by atoms with Crippen LogP contribution in [0.15, 0.2) is 30.3 Å². The molecule has 0 heterocycles. The number of hydrogen-bond acceptors (Lipinski definition) is 2. The van der Waals surface area contributed by atoms with Crippen LogP contribution >= 0.6 is 0 Å². The first-order valence-corrected chi connectivity index (χ1v) is 5.04. The van der Waals surface area contributed by atoms with Gasteiger partial charge in [0.2, 0.25) is 0 Å². The predicted molar refractivity (Wildman–Crippen MR) is 41.7 cm³/mol. The fourth-order valence-electron chi connectivity index (χ4n) is 0.825. The van der Waals surface area contributed by atoms with Crippen molar-refractivity contribution < 1.29 is 9.59 Å². The Bertz CT molecular complexity index is 186. The summed E-state index contributed by atoms with van der Waals surface area (Å²) in [5.74, 6) is 0. The van der Waals surface area contributed by atoms with Crippen LogP contribution in [0.2, 0.25) is 0 Å². The largest absolute Gasteiger partial charge is 0.413 e. The molecule has 0 unspecified atom stereocenters. The van der Waals surface area contributed by atoms with E-state index in [0.29, 0.717) is 6.04 Å². The topological polar surface area (TPSA) is 40.5 Å². The molecule has 10 heavy (non-hydrogen) atoms. The van der Waals surface area contributed by atoms with Crippen molar-refractivity contribution in [3.63, 3.8) is 0 Å². The van der Waals surface area contributed by atoms with Crippen LogP contribution in [0.3, 0.4) is 0 Å². The minimum atomic E-state index is -2.40. The molecule has 0 saturated heterocycles. The third kappa shape index (κ3) is 2.30. The van der Waals surface area contributed by atoms with E-state index >= 15 is 0 Å². The third-order valence-corrected chi connectivity index (χ3v) is 2.10. The molecule has 2 N–H and O–H groups in total. The molecular weight excluding hydrogens is 144 g/mol. The molecule has 0 atom stereocenters. The van der Waals surface area contributed by atoms with Gasteiger partial charge in [-0.05, 0) is 5.56 Å². The fraction of sp³-hybridized carbons (Fsp3) is 0.143. The Kier molecular flexibility index (Phi) is 2.62. The second-order valence-corrected chi connectivity index (χ2v) is 3.54. The summed E-state index contributed by atoms with van der Waals surface area (Å²) in [6.45, 7) is 0. The van der Waals surface area contributed by atoms with E-state index in [1.807, 2.05) is 30.3 Å². The van der Waals surface area contributed by atoms with Crippen LogP contribution in [-0.4, -0.2) is 18.9 Å². The highest BCUT2D eigenvalue weighted by Gasteiger charge is 2.01. The second kappa shape index (κ2) is 3.51. The van der Waals surface area contributed by atoms with Crippen LogP contribution in [0, 0.1) is 0 Å². The molecule has 54 valence electrons. The Morgan fingerprint density at radius 1 is 1.10 bits per heavy atom. The van der Waals surface area contributed by atoms with E-state index in [1.54, 1.807) is 0 Å². The molecule has 0 amide bonds. The lowest BCUT2D eigenvalue weighted by Crippen LogP contribution is -2.14. The molecule has 0 bridgehead atoms. The second-order valence-electron chi connectivity index (χ2n) is 2.17. The smallest absolute Gasteiger partial charge is 0.320 e. The van der Waals surface area contributed by atoms with Crippen LogP contribution in [0.5, 0.6) is 0 Å². The first-order chi connectivity index (χ1) is 4.79. The highest BCUT2D eigenvalue weighted by atomic mass is 28.3. The normalized spacial score (nSPS) is 10.3. The van der Waals surface area contributed by atoms with Gasteiger partial charge >= 0.3 is 9.28 Å². The Labute approximate surface area is 61.6 Å². The summed E-state index contributed by atoms with van der Waals surface area (Å²) in [6.07, 6.45) is 0. The van der Waals surface area contributed by atoms with Gasteiger partial charge in [-0.1, -0.05) is 30.3 Å². The molecule has 0 fully saturated rings. The number of rotatable bonds is 2. The molecule has 1 aromatic rings. The zero-order valence-electron chi connectivity index (χ0n) is 5.57. The van der Waals surface area contributed by atoms with Crippen molar-refractivity contribution in [3.05, 3.63) is 35.9 Å². The highest BCUT2D eigenvalue weighted by Crippen LogP contribution is 1.98. The monoisotopic (exact) mass is 154 g/mol. The van der Waals surface area contributed by atoms with E-state index in [2.05, 4.69) is 0 Å². The molecular formula is C7H10O2Si. The standard InChI is InChI=1S/C7H10O2Si/c8-10(9)6-7-4-2-1-3-5-7/h1-5,8-10H,6H2. The van der Waals surface area contributed by atoms with Gasteiger partial charge in [-0.2, -0.15) is 0 Å². The Hall–Kier alpha value is -0.643. The molecule has 0 aliphatic carbocycles. The lowest BCUT2D eigenvalue weighted by molar-refractivity contribution is 0.405. The quantitative estimate of drug-likeness (QED) is 0.587. The summed E-state index contributed by atoms with van der Waals surface area (Å²) >= 11 is 0. The minimum Gasteiger partial charge on any atom is -0.413 e. The van der Waals surface area contributed by atoms with Crippen LogP contribution in [-0.2, 0) is 6.04 Å². The van der Waals surface area contributed by atoms with E-state index in [4.69, 9.17) is 9.59 Å². The van der Waals surface area contributed by atoms with Gasteiger partial charge in [0.1, 0.15) is 0 Å². The Balaban J connectivity index is 2.59. The first-order valence-electron chi connectivity index (χ1n) is 3.19. The molecule has 3 heteroatoms. The van der Waals surface area contributed by atoms with Crippen LogP contribution < -0.4 is 0 Å². The van der Waals surface area contributed by atoms with Gasteiger partial charge in [0.15, 0.2) is 0 Å². The molecule has 0 saturated carbocycles. The van der Waals surface area contributed by atoms with Gasteiger partial charge in [0.05, 0.1) is 0 Å². The van der Waals surface area contributed by atoms with E-state index in [9.17, 15) is 0 Å². The zero-order chi connectivity index (χ0) is 7.40. The van der Waals surface area contributed by atoms with E-state index in [0.717, 1.165) is 5.56 Å². The molecule has 1 rings (SSSR count). The first kappa shape index (κ1) is 7.46. The van der Waals surface area contributed by atoms with Gasteiger partial charge in [-0.3, -0.25) is 0 Å². The number of hydrogen-bond donors (Lipinski definition) is 2. The van der Waals surface area contributed by atoms with Crippen molar-refractivity contribution in [2.75, 3.05) is 0 Å². The minimum absolute atomic E-state index is 0.445. The Morgan fingerprint density at radius 3 is 2.20 bits per heavy atom. The number of benzene rings is 1. The van der Waals surface area contributed by atoms with Crippen molar-refractivity contribution in [1.82, 2.24) is 0 Å². The maximum Gasteiger partial charge on any atom is 0.320 e. The molecule has 0 aliphatic heterocycles. The highest BCUT2D eigenvalue weighted by molar-refractivity contribution is 6.40. The van der Waals surface area contributed by atoms with Crippen LogP contribution in [0.4, 0.5) is 0 Å². The van der Waals surface area contributed by atoms with Gasteiger partial charge in [0, 0.05) is 6.04 Å². The van der Waals surface area contributed by atoms with Gasteiger partial charge in [-0.15, -0.1) is 0 Å². The fourth-order valence-corrected chi connectivity index (χ4v) is 1.52. The SMILES string of the molecule is O[SiH](O)Cc1ccccc1. The van der Waals surface area contributed by atoms with E-state index in [-0.39, 0.29) is 0 Å². The zero-order valence-corrected chi connectivity index (χ0v) is 6.72. The van der Waals surface area contributed by atoms with Gasteiger partial charge in [0.25, 0.3) is 0 Å². The summed E-state index contributed by atoms with van der Waals surface area (Å²) < 4.78 is 0. The van der Waals surface area contributed by atoms with E-state index < -0.39 is 9.28 Å². The summed E-state index contributed by atoms with van der Waals surface area (Å²) in [7, 11) is -2.40. The van der Waals surface area contributed by atoms with Crippen molar-refractivity contribution in [1.29, 1.82) is 0 Å². The summed E-state index contributed by atoms with van der Waals surface area (Å²) in [4.78, 5) is 17.4. The summed E-state index contributed by atoms with van der Waals surface area (Å²) in [6, 6.07) is 9.94. The lowest BCUT2D eigenvalue weighted by atomic mass is 10.2. The average molecular weight is 154 g/mol. The van der Waals surface area contributed by atoms with Gasteiger partial charge < -0.3 is 9.59 Å². The van der Waals surface area contributed by atoms with E-state index in [1.165, 1.54) is 0 Å². The summed E-state index contributed by atoms with van der Waals surface area (Å²) in [5, 5.41) is 0. The molecule has 1 aromatic carbocycles. The lowest BCUT2D eigenvalue weighted by Gasteiger charge is -1.98. The van der Waals surface area contributed by atoms with Crippen molar-refractivity contribution in [2.24, 2.45) is 0 Å². The molecule has 0 spiro atoms. The van der Waals surface area contributed by atoms with Crippen LogP contribution in [0.25, 0.3) is 0 Å². The third-order valence-electron chi connectivity index (χ3n) is 1.26. The summed E-state index contributed by atoms with van der Waals surface area (Å²) in [5.41, 5.74) is 1.00. The average Bonchev–Trinajstić information content (AvgIpc) is 1.88. The predicted octanol–water partition coefficient (Wildman–Crippen LogP) is -0.0266. The van der Waals surface area contributed by atoms with Crippen molar-refractivity contribution in [3.8, 4) is 0 Å². The molecule has 0 aliphatic rings. The van der Waals surface area contributed by atoms with Crippen molar-refractivity contribution in [2.45, 2.75) is 6.04 Å². The molecule has 0 aromatic heterocycles. The molecule has 2 nitrogen and oxygen atoms in total.